The number of carbonyl (C=O) groups excluding carboxylic acids is 2. The summed E-state index contributed by atoms with van der Waals surface area (Å²) in [5, 5.41) is 22.4. The number of carbonyl (C=O) groups is 2. The molecule has 12 heteroatoms. The standard InChI is InChI=1S/2C20H30N2O4/c2*1-19(2,3)26-17(23)10-13-9-16(14-7-8-22-11-15(14)21)25-18(12-5-6-12)20(13,4)24/h2*7-8,11-13,16,18,24H,5-6,9-10,21H2,1-4H3/t2*13-,16+,18+,20-/m10/s1. The van der Waals surface area contributed by atoms with Gasteiger partial charge < -0.3 is 40.6 Å². The Morgan fingerprint density at radius 2 is 1.08 bits per heavy atom. The molecule has 6 N–H and O–H groups in total. The van der Waals surface area contributed by atoms with Gasteiger partial charge in [0, 0.05) is 35.4 Å². The minimum atomic E-state index is -1.07. The first-order valence-electron chi connectivity index (χ1n) is 18.7. The van der Waals surface area contributed by atoms with Crippen molar-refractivity contribution in [3.63, 3.8) is 0 Å². The summed E-state index contributed by atoms with van der Waals surface area (Å²) in [5.74, 6) is -0.432. The number of anilines is 2. The predicted molar refractivity (Wildman–Crippen MR) is 196 cm³/mol. The Morgan fingerprint density at radius 3 is 1.37 bits per heavy atom. The Hall–Kier alpha value is -3.32. The monoisotopic (exact) mass is 724 g/mol. The van der Waals surface area contributed by atoms with Crippen molar-refractivity contribution in [2.24, 2.45) is 23.7 Å². The van der Waals surface area contributed by atoms with Crippen LogP contribution >= 0.6 is 0 Å². The number of pyridine rings is 2. The number of aliphatic hydroxyl groups is 2. The fourth-order valence-corrected chi connectivity index (χ4v) is 7.74. The van der Waals surface area contributed by atoms with E-state index in [-0.39, 0.29) is 61.0 Å². The summed E-state index contributed by atoms with van der Waals surface area (Å²) in [6.45, 7) is 14.7. The Morgan fingerprint density at radius 1 is 0.731 bits per heavy atom. The van der Waals surface area contributed by atoms with Gasteiger partial charge in [-0.2, -0.15) is 0 Å². The number of nitrogens with zero attached hydrogens (tertiary/aromatic N) is 2. The average molecular weight is 725 g/mol. The molecule has 0 aromatic carbocycles. The largest absolute Gasteiger partial charge is 0.460 e. The van der Waals surface area contributed by atoms with Gasteiger partial charge in [0.25, 0.3) is 0 Å². The average Bonchev–Trinajstić information content (AvgIpc) is 3.93. The maximum Gasteiger partial charge on any atom is 0.306 e. The maximum absolute atomic E-state index is 12.4. The maximum atomic E-state index is 12.4. The van der Waals surface area contributed by atoms with Gasteiger partial charge in [0.05, 0.1) is 72.2 Å². The first-order chi connectivity index (χ1) is 24.2. The van der Waals surface area contributed by atoms with Crippen molar-refractivity contribution in [2.45, 2.75) is 154 Å². The second kappa shape index (κ2) is 15.2. The quantitative estimate of drug-likeness (QED) is 0.233. The van der Waals surface area contributed by atoms with Crippen LogP contribution in [0.4, 0.5) is 11.4 Å². The lowest BCUT2D eigenvalue weighted by Gasteiger charge is -2.47. The van der Waals surface area contributed by atoms with Crippen LogP contribution in [0.25, 0.3) is 0 Å². The van der Waals surface area contributed by atoms with Gasteiger partial charge >= 0.3 is 11.9 Å². The number of hydrogen-bond acceptors (Lipinski definition) is 12. The summed E-state index contributed by atoms with van der Waals surface area (Å²) in [6, 6.07) is 3.71. The van der Waals surface area contributed by atoms with Crippen LogP contribution in [0.15, 0.2) is 36.9 Å². The summed E-state index contributed by atoms with van der Waals surface area (Å²) in [4.78, 5) is 32.9. The van der Waals surface area contributed by atoms with Crippen LogP contribution in [-0.2, 0) is 28.5 Å². The fraction of sp³-hybridized carbons (Fsp3) is 0.700. The zero-order valence-corrected chi connectivity index (χ0v) is 32.1. The molecule has 12 nitrogen and oxygen atoms in total. The number of hydrogen-bond donors (Lipinski definition) is 4. The van der Waals surface area contributed by atoms with Gasteiger partial charge in [-0.25, -0.2) is 0 Å². The molecule has 2 aromatic rings. The molecule has 2 saturated heterocycles. The van der Waals surface area contributed by atoms with Crippen molar-refractivity contribution in [2.75, 3.05) is 11.5 Å². The number of nitrogen functional groups attached to an aromatic ring is 2. The number of rotatable bonds is 8. The van der Waals surface area contributed by atoms with Crippen molar-refractivity contribution in [1.82, 2.24) is 9.97 Å². The highest BCUT2D eigenvalue weighted by Gasteiger charge is 2.55. The molecule has 4 fully saturated rings. The topological polar surface area (TPSA) is 189 Å². The third kappa shape index (κ3) is 10.0. The van der Waals surface area contributed by atoms with Crippen molar-refractivity contribution in [1.29, 1.82) is 0 Å². The van der Waals surface area contributed by atoms with Crippen LogP contribution < -0.4 is 11.5 Å². The van der Waals surface area contributed by atoms with Crippen LogP contribution in [0, 0.1) is 23.7 Å². The molecule has 8 atom stereocenters. The molecule has 0 amide bonds. The molecule has 2 saturated carbocycles. The van der Waals surface area contributed by atoms with E-state index < -0.39 is 22.4 Å². The first kappa shape index (κ1) is 39.9. The molecule has 4 aliphatic rings. The third-order valence-electron chi connectivity index (χ3n) is 10.7. The molecule has 52 heavy (non-hydrogen) atoms. The molecule has 0 radical (unpaired) electrons. The van der Waals surface area contributed by atoms with Gasteiger partial charge in [-0.1, -0.05) is 0 Å². The van der Waals surface area contributed by atoms with Crippen LogP contribution in [0.1, 0.15) is 130 Å². The smallest absolute Gasteiger partial charge is 0.306 e. The van der Waals surface area contributed by atoms with Crippen molar-refractivity contribution < 1.29 is 38.7 Å². The highest BCUT2D eigenvalue weighted by Crippen LogP contribution is 2.52. The zero-order valence-electron chi connectivity index (χ0n) is 32.1. The minimum Gasteiger partial charge on any atom is -0.460 e. The highest BCUT2D eigenvalue weighted by atomic mass is 16.6. The van der Waals surface area contributed by atoms with E-state index in [2.05, 4.69) is 9.97 Å². The van der Waals surface area contributed by atoms with E-state index in [4.69, 9.17) is 30.4 Å². The predicted octanol–water partition coefficient (Wildman–Crippen LogP) is 6.01. The molecule has 2 aliphatic carbocycles. The number of nitrogens with two attached hydrogens (primary N) is 2. The summed E-state index contributed by atoms with van der Waals surface area (Å²) in [5.41, 5.74) is 11.8. The van der Waals surface area contributed by atoms with E-state index in [1.165, 1.54) is 0 Å². The van der Waals surface area contributed by atoms with Crippen molar-refractivity contribution in [3.8, 4) is 0 Å². The first-order valence-corrected chi connectivity index (χ1v) is 18.7. The van der Waals surface area contributed by atoms with Gasteiger partial charge in [-0.05, 0) is 118 Å². The van der Waals surface area contributed by atoms with E-state index in [1.807, 2.05) is 53.7 Å². The number of ether oxygens (including phenoxy) is 4. The lowest BCUT2D eigenvalue weighted by molar-refractivity contribution is -0.212. The molecule has 0 spiro atoms. The molecular weight excluding hydrogens is 664 g/mol. The molecule has 0 unspecified atom stereocenters. The van der Waals surface area contributed by atoms with E-state index in [1.54, 1.807) is 38.6 Å². The summed E-state index contributed by atoms with van der Waals surface area (Å²) in [6.07, 6.45) is 11.0. The third-order valence-corrected chi connectivity index (χ3v) is 10.7. The molecular formula is C40H60N4O8. The number of esters is 2. The second-order valence-electron chi connectivity index (χ2n) is 17.7. The summed E-state index contributed by atoms with van der Waals surface area (Å²) >= 11 is 0. The van der Waals surface area contributed by atoms with Crippen molar-refractivity contribution >= 4 is 23.3 Å². The second-order valence-corrected chi connectivity index (χ2v) is 17.7. The van der Waals surface area contributed by atoms with Crippen LogP contribution in [0.3, 0.4) is 0 Å². The summed E-state index contributed by atoms with van der Waals surface area (Å²) < 4.78 is 23.6. The molecule has 6 rings (SSSR count). The lowest BCUT2D eigenvalue weighted by atomic mass is 9.74. The Bertz CT molecular complexity index is 1440. The zero-order chi connectivity index (χ0) is 38.2. The van der Waals surface area contributed by atoms with E-state index in [0.717, 1.165) is 36.8 Å². The molecule has 4 heterocycles. The van der Waals surface area contributed by atoms with Gasteiger partial charge in [-0.3, -0.25) is 19.6 Å². The van der Waals surface area contributed by atoms with Gasteiger partial charge in [0.15, 0.2) is 0 Å². The Labute approximate surface area is 308 Å². The SMILES string of the molecule is CC(C)(C)OC(=O)C[C@@H]1C[C@H](c2ccncc2N)O[C@H](C2CC2)[C@@]1(C)O.CC(C)(C)OC(=O)C[C@H]1C[C@@H](c2ccncc2N)O[C@@H](C2CC2)[C@]1(C)O. The minimum absolute atomic E-state index is 0.165. The summed E-state index contributed by atoms with van der Waals surface area (Å²) in [7, 11) is 0. The molecule has 0 bridgehead atoms. The molecule has 2 aromatic heterocycles. The van der Waals surface area contributed by atoms with E-state index >= 15 is 0 Å². The van der Waals surface area contributed by atoms with Crippen LogP contribution in [-0.4, -0.2) is 66.7 Å². The van der Waals surface area contributed by atoms with Crippen molar-refractivity contribution in [3.05, 3.63) is 48.0 Å². The molecule has 288 valence electrons. The number of aromatic nitrogens is 2. The Balaban J connectivity index is 0.000000201. The van der Waals surface area contributed by atoms with Crippen LogP contribution in [0.2, 0.25) is 0 Å². The van der Waals surface area contributed by atoms with Gasteiger partial charge in [0.1, 0.15) is 11.2 Å². The van der Waals surface area contributed by atoms with Crippen LogP contribution in [0.5, 0.6) is 0 Å². The van der Waals surface area contributed by atoms with Gasteiger partial charge in [0.2, 0.25) is 0 Å². The lowest BCUT2D eigenvalue weighted by Crippen LogP contribution is -2.54. The molecule has 2 aliphatic heterocycles. The van der Waals surface area contributed by atoms with Gasteiger partial charge in [-0.15, -0.1) is 0 Å². The highest BCUT2D eigenvalue weighted by molar-refractivity contribution is 5.71. The fourth-order valence-electron chi connectivity index (χ4n) is 7.74. The van der Waals surface area contributed by atoms with E-state index in [9.17, 15) is 19.8 Å². The normalized spacial score (nSPS) is 32.3. The Kier molecular flexibility index (Phi) is 11.7. The van der Waals surface area contributed by atoms with E-state index in [0.29, 0.717) is 36.1 Å².